The summed E-state index contributed by atoms with van der Waals surface area (Å²) in [5.41, 5.74) is 5.40. The first-order valence-electron chi connectivity index (χ1n) is 11.9. The predicted octanol–water partition coefficient (Wildman–Crippen LogP) is 4.49. The number of ketones is 1. The number of Topliss-reactive ketones (excluding diaryl/α,β-unsaturated/α-hetero) is 1. The lowest BCUT2D eigenvalue weighted by Gasteiger charge is -2.24. The Morgan fingerprint density at radius 3 is 2.22 bits per heavy atom. The third-order valence-electron chi connectivity index (χ3n) is 6.77. The van der Waals surface area contributed by atoms with Crippen molar-refractivity contribution in [2.75, 3.05) is 35.5 Å². The average Bonchev–Trinajstić information content (AvgIpc) is 3.28. The van der Waals surface area contributed by atoms with Crippen LogP contribution < -0.4 is 18.9 Å². The van der Waals surface area contributed by atoms with Crippen LogP contribution in [0.1, 0.15) is 39.6 Å². The third kappa shape index (κ3) is 4.35. The fraction of sp³-hybridized carbons (Fsp3) is 0.321. The van der Waals surface area contributed by atoms with Gasteiger partial charge in [-0.05, 0) is 47.7 Å². The van der Waals surface area contributed by atoms with E-state index in [1.54, 1.807) is 46.3 Å². The minimum absolute atomic E-state index is 0.0272. The van der Waals surface area contributed by atoms with Gasteiger partial charge in [-0.3, -0.25) is 4.79 Å². The number of fused-ring (bicyclic) bond motifs is 2. The van der Waals surface area contributed by atoms with Crippen LogP contribution in [0.5, 0.6) is 23.0 Å². The fourth-order valence-corrected chi connectivity index (χ4v) is 4.95. The summed E-state index contributed by atoms with van der Waals surface area (Å²) in [5.74, 6) is 2.53. The first-order valence-corrected chi connectivity index (χ1v) is 11.9. The second kappa shape index (κ2) is 10.1. The zero-order valence-corrected chi connectivity index (χ0v) is 21.5. The van der Waals surface area contributed by atoms with E-state index in [0.29, 0.717) is 59.4 Å². The molecule has 37 heavy (non-hydrogen) atoms. The monoisotopic (exact) mass is 503 g/mol. The van der Waals surface area contributed by atoms with Crippen LogP contribution in [0.3, 0.4) is 0 Å². The van der Waals surface area contributed by atoms with Crippen molar-refractivity contribution in [2.24, 2.45) is 0 Å². The number of ether oxygens (including phenoxy) is 5. The molecule has 1 aliphatic carbocycles. The van der Waals surface area contributed by atoms with Crippen molar-refractivity contribution in [1.29, 1.82) is 0 Å². The molecule has 2 heterocycles. The van der Waals surface area contributed by atoms with Crippen LogP contribution in [-0.2, 0) is 17.8 Å². The van der Waals surface area contributed by atoms with E-state index in [0.717, 1.165) is 22.4 Å². The summed E-state index contributed by atoms with van der Waals surface area (Å²) in [6.07, 6.45) is 2.78. The number of nitrogens with zero attached hydrogens (tertiary/aromatic N) is 3. The van der Waals surface area contributed by atoms with Gasteiger partial charge in [-0.2, -0.15) is 5.10 Å². The van der Waals surface area contributed by atoms with Gasteiger partial charge in [-0.15, -0.1) is 0 Å². The van der Waals surface area contributed by atoms with Gasteiger partial charge >= 0.3 is 0 Å². The summed E-state index contributed by atoms with van der Waals surface area (Å²) < 4.78 is 28.9. The molecule has 0 bridgehead atoms. The van der Waals surface area contributed by atoms with Gasteiger partial charge in [0.1, 0.15) is 0 Å². The highest BCUT2D eigenvalue weighted by atomic mass is 16.5. The van der Waals surface area contributed by atoms with Gasteiger partial charge in [-0.25, -0.2) is 9.50 Å². The van der Waals surface area contributed by atoms with E-state index < -0.39 is 0 Å². The molecular formula is C28H29N3O6. The molecule has 1 aliphatic rings. The number of benzene rings is 2. The molecule has 1 unspecified atom stereocenters. The normalized spacial score (nSPS) is 14.9. The van der Waals surface area contributed by atoms with Gasteiger partial charge in [-0.1, -0.05) is 12.1 Å². The summed E-state index contributed by atoms with van der Waals surface area (Å²) in [6.45, 7) is 0.292. The minimum Gasteiger partial charge on any atom is -0.493 e. The van der Waals surface area contributed by atoms with Crippen LogP contribution in [0.25, 0.3) is 16.8 Å². The van der Waals surface area contributed by atoms with Crippen molar-refractivity contribution in [3.63, 3.8) is 0 Å². The number of rotatable bonds is 8. The number of carbonyl (C=O) groups excluding carboxylic acids is 1. The smallest absolute Gasteiger partial charge is 0.166 e. The van der Waals surface area contributed by atoms with E-state index in [-0.39, 0.29) is 11.7 Å². The van der Waals surface area contributed by atoms with Gasteiger partial charge in [0.2, 0.25) is 0 Å². The zero-order chi connectivity index (χ0) is 26.1. The predicted molar refractivity (Wildman–Crippen MR) is 137 cm³/mol. The Bertz CT molecular complexity index is 1480. The molecule has 0 saturated carbocycles. The Morgan fingerprint density at radius 2 is 1.54 bits per heavy atom. The topological polar surface area (TPSA) is 93.4 Å². The highest BCUT2D eigenvalue weighted by molar-refractivity contribution is 5.99. The lowest BCUT2D eigenvalue weighted by molar-refractivity contribution is 0.0962. The molecule has 192 valence electrons. The summed E-state index contributed by atoms with van der Waals surface area (Å²) in [4.78, 5) is 18.2. The summed E-state index contributed by atoms with van der Waals surface area (Å²) in [5, 5.41) is 4.71. The van der Waals surface area contributed by atoms with Crippen molar-refractivity contribution < 1.29 is 28.5 Å². The van der Waals surface area contributed by atoms with Crippen LogP contribution in [0.15, 0.2) is 42.6 Å². The Kier molecular flexibility index (Phi) is 6.71. The molecule has 0 amide bonds. The van der Waals surface area contributed by atoms with Crippen molar-refractivity contribution in [2.45, 2.75) is 25.4 Å². The number of aromatic nitrogens is 3. The standard InChI is InChI=1S/C28H29N3O6/c1-33-15-21-27(17-7-9-24(35-3)26(13-17)37-5)28-29-20-10-18(11-22(32)19(20)14-31(28)30-21)16-6-8-23(34-2)25(12-16)36-4/h6-9,12-14,18H,10-11,15H2,1-5H3. The van der Waals surface area contributed by atoms with Crippen LogP contribution in [-0.4, -0.2) is 55.9 Å². The largest absolute Gasteiger partial charge is 0.493 e. The van der Waals surface area contributed by atoms with Crippen LogP contribution in [0.2, 0.25) is 0 Å². The van der Waals surface area contributed by atoms with E-state index in [1.807, 2.05) is 36.4 Å². The summed E-state index contributed by atoms with van der Waals surface area (Å²) >= 11 is 0. The van der Waals surface area contributed by atoms with Crippen LogP contribution >= 0.6 is 0 Å². The lowest BCUT2D eigenvalue weighted by atomic mass is 9.82. The molecule has 9 nitrogen and oxygen atoms in total. The molecule has 0 fully saturated rings. The Hall–Kier alpha value is -4.11. The Morgan fingerprint density at radius 1 is 0.865 bits per heavy atom. The number of methoxy groups -OCH3 is 5. The van der Waals surface area contributed by atoms with Crippen molar-refractivity contribution in [3.8, 4) is 34.1 Å². The van der Waals surface area contributed by atoms with E-state index in [1.165, 1.54) is 0 Å². The van der Waals surface area contributed by atoms with Crippen molar-refractivity contribution in [3.05, 3.63) is 65.1 Å². The van der Waals surface area contributed by atoms with Crippen LogP contribution in [0.4, 0.5) is 0 Å². The molecule has 4 aromatic rings. The molecule has 9 heteroatoms. The number of carbonyl (C=O) groups is 1. The molecule has 0 spiro atoms. The van der Waals surface area contributed by atoms with E-state index in [9.17, 15) is 4.79 Å². The molecule has 1 atom stereocenters. The molecule has 0 radical (unpaired) electrons. The lowest BCUT2D eigenvalue weighted by Crippen LogP contribution is -2.21. The van der Waals surface area contributed by atoms with E-state index in [4.69, 9.17) is 33.8 Å². The zero-order valence-electron chi connectivity index (χ0n) is 21.5. The summed E-state index contributed by atoms with van der Waals surface area (Å²) in [6, 6.07) is 11.5. The first kappa shape index (κ1) is 24.6. The highest BCUT2D eigenvalue weighted by Crippen LogP contribution is 2.39. The van der Waals surface area contributed by atoms with E-state index >= 15 is 0 Å². The van der Waals surface area contributed by atoms with E-state index in [2.05, 4.69) is 0 Å². The van der Waals surface area contributed by atoms with Gasteiger partial charge < -0.3 is 23.7 Å². The minimum atomic E-state index is -0.0272. The van der Waals surface area contributed by atoms with Crippen molar-refractivity contribution >= 4 is 11.4 Å². The maximum atomic E-state index is 13.2. The number of hydrogen-bond acceptors (Lipinski definition) is 8. The van der Waals surface area contributed by atoms with Gasteiger partial charge in [0, 0.05) is 19.7 Å². The van der Waals surface area contributed by atoms with Crippen LogP contribution in [0, 0.1) is 0 Å². The molecule has 5 rings (SSSR count). The molecule has 0 aliphatic heterocycles. The second-order valence-corrected chi connectivity index (χ2v) is 8.84. The molecule has 0 N–H and O–H groups in total. The Labute approximate surface area is 214 Å². The van der Waals surface area contributed by atoms with Gasteiger partial charge in [0.15, 0.2) is 34.4 Å². The third-order valence-corrected chi connectivity index (χ3v) is 6.77. The van der Waals surface area contributed by atoms with Gasteiger partial charge in [0.25, 0.3) is 0 Å². The van der Waals surface area contributed by atoms with Gasteiger partial charge in [0.05, 0.1) is 57.6 Å². The molecule has 0 saturated heterocycles. The quantitative estimate of drug-likeness (QED) is 0.347. The molecular weight excluding hydrogens is 474 g/mol. The first-order chi connectivity index (χ1) is 18.0. The summed E-state index contributed by atoms with van der Waals surface area (Å²) in [7, 11) is 8.03. The SMILES string of the molecule is COCc1nn2cc3c(nc2c1-c1ccc(OC)c(OC)c1)CC(c1ccc(OC)c(OC)c1)CC3=O. The molecule has 2 aromatic carbocycles. The highest BCUT2D eigenvalue weighted by Gasteiger charge is 2.30. The number of hydrogen-bond donors (Lipinski definition) is 0. The fourth-order valence-electron chi connectivity index (χ4n) is 4.95. The maximum absolute atomic E-state index is 13.2. The molecule has 2 aromatic heterocycles. The second-order valence-electron chi connectivity index (χ2n) is 8.84. The average molecular weight is 504 g/mol. The Balaban J connectivity index is 1.61. The maximum Gasteiger partial charge on any atom is 0.166 e. The van der Waals surface area contributed by atoms with Crippen molar-refractivity contribution in [1.82, 2.24) is 14.6 Å².